The number of halogens is 1. The first-order valence-electron chi connectivity index (χ1n) is 7.09. The van der Waals surface area contributed by atoms with E-state index in [2.05, 4.69) is 70.4 Å². The Labute approximate surface area is 129 Å². The summed E-state index contributed by atoms with van der Waals surface area (Å²) in [5.74, 6) is 0. The Morgan fingerprint density at radius 2 is 1.95 bits per heavy atom. The van der Waals surface area contributed by atoms with Crippen LogP contribution in [0.4, 0.5) is 0 Å². The van der Waals surface area contributed by atoms with Crippen LogP contribution in [0.25, 0.3) is 0 Å². The van der Waals surface area contributed by atoms with Crippen molar-refractivity contribution in [1.29, 1.82) is 0 Å². The molecule has 1 unspecified atom stereocenters. The highest BCUT2D eigenvalue weighted by Crippen LogP contribution is 2.22. The van der Waals surface area contributed by atoms with Crippen LogP contribution in [0.1, 0.15) is 36.1 Å². The largest absolute Gasteiger partial charge is 0.310 e. The minimum atomic E-state index is 0.346. The molecule has 0 amide bonds. The quantitative estimate of drug-likeness (QED) is 0.846. The van der Waals surface area contributed by atoms with Crippen LogP contribution in [0.15, 0.2) is 47.2 Å². The maximum absolute atomic E-state index is 4.19. The van der Waals surface area contributed by atoms with Crippen LogP contribution < -0.4 is 5.32 Å². The molecule has 0 saturated heterocycles. The Morgan fingerprint density at radius 3 is 2.60 bits per heavy atom. The Bertz CT molecular complexity index is 537. The Balaban J connectivity index is 2.19. The minimum absolute atomic E-state index is 0.346. The second-order valence-electron chi connectivity index (χ2n) is 5.07. The van der Waals surface area contributed by atoms with Crippen LogP contribution in [0.3, 0.4) is 0 Å². The molecule has 0 spiro atoms. The van der Waals surface area contributed by atoms with Gasteiger partial charge in [0.1, 0.15) is 0 Å². The van der Waals surface area contributed by atoms with E-state index in [0.29, 0.717) is 6.04 Å². The average molecular weight is 333 g/mol. The van der Waals surface area contributed by atoms with Crippen LogP contribution in [0.5, 0.6) is 0 Å². The van der Waals surface area contributed by atoms with E-state index in [-0.39, 0.29) is 0 Å². The van der Waals surface area contributed by atoms with Gasteiger partial charge in [-0.05, 0) is 61.2 Å². The van der Waals surface area contributed by atoms with Crippen molar-refractivity contribution in [2.45, 2.75) is 32.7 Å². The number of nitrogens with zero attached hydrogens (tertiary/aromatic N) is 1. The number of nitrogens with one attached hydrogen (secondary N) is 1. The van der Waals surface area contributed by atoms with Crippen molar-refractivity contribution in [3.63, 3.8) is 0 Å². The van der Waals surface area contributed by atoms with Crippen LogP contribution in [0.2, 0.25) is 0 Å². The molecule has 0 bridgehead atoms. The third-order valence-corrected chi connectivity index (χ3v) is 3.96. The molecule has 2 nitrogen and oxygen atoms in total. The molecule has 2 rings (SSSR count). The summed E-state index contributed by atoms with van der Waals surface area (Å²) in [6.45, 7) is 5.36. The molecule has 0 aliphatic carbocycles. The van der Waals surface area contributed by atoms with Gasteiger partial charge in [0.2, 0.25) is 0 Å². The van der Waals surface area contributed by atoms with E-state index in [1.165, 1.54) is 16.7 Å². The summed E-state index contributed by atoms with van der Waals surface area (Å²) >= 11 is 3.49. The van der Waals surface area contributed by atoms with Gasteiger partial charge in [-0.2, -0.15) is 0 Å². The van der Waals surface area contributed by atoms with Gasteiger partial charge in [0, 0.05) is 22.9 Å². The van der Waals surface area contributed by atoms with Gasteiger partial charge in [0.05, 0.1) is 0 Å². The van der Waals surface area contributed by atoms with E-state index in [4.69, 9.17) is 0 Å². The minimum Gasteiger partial charge on any atom is -0.310 e. The molecule has 3 heteroatoms. The number of rotatable bonds is 6. The standard InChI is InChI=1S/C17H21BrN2/c1-3-9-20-17(16-8-10-19-12-13(16)2)11-14-4-6-15(18)7-5-14/h4-8,10,12,17,20H,3,9,11H2,1-2H3. The van der Waals surface area contributed by atoms with Crippen LogP contribution in [-0.2, 0) is 6.42 Å². The number of aromatic nitrogens is 1. The predicted molar refractivity (Wildman–Crippen MR) is 87.9 cm³/mol. The van der Waals surface area contributed by atoms with Gasteiger partial charge < -0.3 is 5.32 Å². The Hall–Kier alpha value is -1.19. The first-order chi connectivity index (χ1) is 9.70. The van der Waals surface area contributed by atoms with Crippen molar-refractivity contribution in [1.82, 2.24) is 10.3 Å². The van der Waals surface area contributed by atoms with Gasteiger partial charge >= 0.3 is 0 Å². The molecule has 1 heterocycles. The summed E-state index contributed by atoms with van der Waals surface area (Å²) in [4.78, 5) is 4.19. The van der Waals surface area contributed by atoms with Crippen LogP contribution in [0, 0.1) is 6.92 Å². The van der Waals surface area contributed by atoms with Gasteiger partial charge in [0.25, 0.3) is 0 Å². The summed E-state index contributed by atoms with van der Waals surface area (Å²) in [7, 11) is 0. The molecule has 20 heavy (non-hydrogen) atoms. The molecule has 0 fully saturated rings. The van der Waals surface area contributed by atoms with Crippen molar-refractivity contribution < 1.29 is 0 Å². The molecule has 1 N–H and O–H groups in total. The molecule has 0 aliphatic heterocycles. The fraction of sp³-hybridized carbons (Fsp3) is 0.353. The number of aryl methyl sites for hydroxylation is 1. The van der Waals surface area contributed by atoms with Crippen molar-refractivity contribution in [3.8, 4) is 0 Å². The van der Waals surface area contributed by atoms with Crippen molar-refractivity contribution >= 4 is 15.9 Å². The fourth-order valence-electron chi connectivity index (χ4n) is 2.34. The molecule has 0 radical (unpaired) electrons. The first kappa shape index (κ1) is 15.2. The highest BCUT2D eigenvalue weighted by Gasteiger charge is 2.13. The average Bonchev–Trinajstić information content (AvgIpc) is 2.46. The summed E-state index contributed by atoms with van der Waals surface area (Å²) in [5, 5.41) is 3.65. The first-order valence-corrected chi connectivity index (χ1v) is 7.88. The van der Waals surface area contributed by atoms with Gasteiger partial charge in [-0.3, -0.25) is 4.98 Å². The molecular weight excluding hydrogens is 312 g/mol. The van der Waals surface area contributed by atoms with Crippen molar-refractivity contribution in [2.75, 3.05) is 6.54 Å². The third-order valence-electron chi connectivity index (χ3n) is 3.43. The number of hydrogen-bond donors (Lipinski definition) is 1. The van der Waals surface area contributed by atoms with E-state index in [1.54, 1.807) is 0 Å². The van der Waals surface area contributed by atoms with E-state index < -0.39 is 0 Å². The van der Waals surface area contributed by atoms with E-state index in [9.17, 15) is 0 Å². The van der Waals surface area contributed by atoms with Crippen molar-refractivity contribution in [3.05, 3.63) is 63.9 Å². The Morgan fingerprint density at radius 1 is 1.20 bits per heavy atom. The van der Waals surface area contributed by atoms with Gasteiger partial charge in [-0.25, -0.2) is 0 Å². The summed E-state index contributed by atoms with van der Waals surface area (Å²) in [5.41, 5.74) is 3.94. The molecule has 1 atom stereocenters. The molecule has 0 aliphatic rings. The lowest BCUT2D eigenvalue weighted by Crippen LogP contribution is -2.24. The summed E-state index contributed by atoms with van der Waals surface area (Å²) < 4.78 is 1.12. The zero-order chi connectivity index (χ0) is 14.4. The zero-order valence-electron chi connectivity index (χ0n) is 12.1. The predicted octanol–water partition coefficient (Wildman–Crippen LogP) is 4.44. The summed E-state index contributed by atoms with van der Waals surface area (Å²) in [6, 6.07) is 11.0. The Kier molecular flexibility index (Phi) is 5.74. The molecular formula is C17H21BrN2. The highest BCUT2D eigenvalue weighted by molar-refractivity contribution is 9.10. The molecule has 1 aromatic carbocycles. The SMILES string of the molecule is CCCNC(Cc1ccc(Br)cc1)c1ccncc1C. The monoisotopic (exact) mass is 332 g/mol. The van der Waals surface area contributed by atoms with E-state index in [0.717, 1.165) is 23.9 Å². The maximum Gasteiger partial charge on any atom is 0.0364 e. The number of pyridine rings is 1. The number of benzene rings is 1. The number of hydrogen-bond acceptors (Lipinski definition) is 2. The lowest BCUT2D eigenvalue weighted by atomic mass is 9.96. The van der Waals surface area contributed by atoms with Gasteiger partial charge in [-0.1, -0.05) is 35.0 Å². The zero-order valence-corrected chi connectivity index (χ0v) is 13.7. The van der Waals surface area contributed by atoms with E-state index >= 15 is 0 Å². The molecule has 2 aromatic rings. The third kappa shape index (κ3) is 4.15. The second-order valence-corrected chi connectivity index (χ2v) is 5.99. The highest BCUT2D eigenvalue weighted by atomic mass is 79.9. The molecule has 0 saturated carbocycles. The molecule has 1 aromatic heterocycles. The van der Waals surface area contributed by atoms with Gasteiger partial charge in [-0.15, -0.1) is 0 Å². The maximum atomic E-state index is 4.19. The second kappa shape index (κ2) is 7.55. The van der Waals surface area contributed by atoms with Crippen LogP contribution >= 0.6 is 15.9 Å². The lowest BCUT2D eigenvalue weighted by molar-refractivity contribution is 0.526. The molecule has 106 valence electrons. The van der Waals surface area contributed by atoms with Gasteiger partial charge in [0.15, 0.2) is 0 Å². The smallest absolute Gasteiger partial charge is 0.0364 e. The van der Waals surface area contributed by atoms with Crippen molar-refractivity contribution in [2.24, 2.45) is 0 Å². The summed E-state index contributed by atoms with van der Waals surface area (Å²) in [6.07, 6.45) is 5.96. The lowest BCUT2D eigenvalue weighted by Gasteiger charge is -2.21. The van der Waals surface area contributed by atoms with Crippen LogP contribution in [-0.4, -0.2) is 11.5 Å². The fourth-order valence-corrected chi connectivity index (χ4v) is 2.61. The normalized spacial score (nSPS) is 12.3. The topological polar surface area (TPSA) is 24.9 Å². The van der Waals surface area contributed by atoms with E-state index in [1.807, 2.05) is 12.4 Å².